The average molecular weight is 741 g/mol. The van der Waals surface area contributed by atoms with Crippen LogP contribution in [0.5, 0.6) is 5.75 Å². The molecule has 1 aliphatic heterocycles. The number of rotatable bonds is 5. The molecule has 0 aromatic heterocycles. The molecular formula is C55H64O. The third kappa shape index (κ3) is 5.90. The zero-order valence-electron chi connectivity index (χ0n) is 34.1. The van der Waals surface area contributed by atoms with Crippen molar-refractivity contribution in [1.29, 1.82) is 0 Å². The number of para-hydroxylation sites is 1. The first-order valence-corrected chi connectivity index (χ1v) is 23.3. The Hall–Kier alpha value is -3.58. The van der Waals surface area contributed by atoms with E-state index >= 15 is 0 Å². The fraction of sp³-hybridized carbons (Fsp3) is 0.527. The molecule has 11 rings (SSSR count). The van der Waals surface area contributed by atoms with Gasteiger partial charge in [0.25, 0.3) is 0 Å². The van der Waals surface area contributed by atoms with Crippen LogP contribution in [-0.2, 0) is 0 Å². The number of allylic oxidation sites excluding steroid dienone is 20. The molecule has 1 nitrogen and oxygen atoms in total. The van der Waals surface area contributed by atoms with Crippen molar-refractivity contribution in [3.8, 4) is 5.75 Å². The van der Waals surface area contributed by atoms with Gasteiger partial charge in [-0.05, 0) is 147 Å². The Bertz CT molecular complexity index is 2030. The zero-order valence-corrected chi connectivity index (χ0v) is 34.1. The standard InChI is InChI=1S/C55H64O/c1-3-35-28-29-45-49(30-35)54(40-20-11-17-37(31-40)42-25-13-16-36-15-4-5-21-41(36)42)52-34(2)14-10-26-47(52)53(45)39-19-12-18-38(32-39)48-33-50-44-23-8-9-27-51(44)56-55(50)46-24-7-6-22-43(46)48/h4,8-13,15-20,23,26-29,34-36,38,40-43,45-46,48,50,53,55H,3,5-7,14,21-22,24-25,30-33H2,1-2H3. The van der Waals surface area contributed by atoms with Crippen LogP contribution in [0.15, 0.2) is 143 Å². The molecule has 0 spiro atoms. The largest absolute Gasteiger partial charge is 0.489 e. The maximum Gasteiger partial charge on any atom is 0.123 e. The van der Waals surface area contributed by atoms with Crippen LogP contribution < -0.4 is 4.74 Å². The van der Waals surface area contributed by atoms with Crippen LogP contribution in [0, 0.1) is 71.0 Å². The van der Waals surface area contributed by atoms with Gasteiger partial charge in [0.2, 0.25) is 0 Å². The van der Waals surface area contributed by atoms with Gasteiger partial charge in [-0.15, -0.1) is 0 Å². The number of ether oxygens (including phenoxy) is 1. The summed E-state index contributed by atoms with van der Waals surface area (Å²) >= 11 is 0. The van der Waals surface area contributed by atoms with E-state index in [9.17, 15) is 0 Å². The fourth-order valence-electron chi connectivity index (χ4n) is 14.6. The quantitative estimate of drug-likeness (QED) is 0.273. The molecule has 0 N–H and O–H groups in total. The lowest BCUT2D eigenvalue weighted by Crippen LogP contribution is -2.46. The molecule has 1 heteroatoms. The van der Waals surface area contributed by atoms with Crippen molar-refractivity contribution in [2.45, 2.75) is 109 Å². The third-order valence-corrected chi connectivity index (χ3v) is 17.1. The summed E-state index contributed by atoms with van der Waals surface area (Å²) in [6.45, 7) is 4.97. The molecule has 9 aliphatic carbocycles. The Morgan fingerprint density at radius 1 is 0.714 bits per heavy atom. The summed E-state index contributed by atoms with van der Waals surface area (Å²) in [5.41, 5.74) is 11.9. The molecule has 1 aromatic rings. The van der Waals surface area contributed by atoms with Crippen LogP contribution in [-0.4, -0.2) is 6.10 Å². The van der Waals surface area contributed by atoms with Crippen molar-refractivity contribution in [3.63, 3.8) is 0 Å². The Kier molecular flexibility index (Phi) is 9.31. The van der Waals surface area contributed by atoms with Crippen molar-refractivity contribution in [3.05, 3.63) is 148 Å². The molecule has 56 heavy (non-hydrogen) atoms. The van der Waals surface area contributed by atoms with Crippen LogP contribution in [0.25, 0.3) is 0 Å². The fourth-order valence-corrected chi connectivity index (χ4v) is 14.6. The van der Waals surface area contributed by atoms with Crippen molar-refractivity contribution in [1.82, 2.24) is 0 Å². The van der Waals surface area contributed by atoms with E-state index in [-0.39, 0.29) is 0 Å². The van der Waals surface area contributed by atoms with Gasteiger partial charge in [-0.1, -0.05) is 147 Å². The second-order valence-corrected chi connectivity index (χ2v) is 19.8. The van der Waals surface area contributed by atoms with E-state index in [0.717, 1.165) is 17.8 Å². The zero-order chi connectivity index (χ0) is 37.3. The van der Waals surface area contributed by atoms with Crippen LogP contribution in [0.2, 0.25) is 0 Å². The number of hydrogen-bond acceptors (Lipinski definition) is 1. The van der Waals surface area contributed by atoms with Gasteiger partial charge >= 0.3 is 0 Å². The van der Waals surface area contributed by atoms with Crippen molar-refractivity contribution in [2.24, 2.45) is 71.0 Å². The average Bonchev–Trinajstić information content (AvgIpc) is 3.64. The van der Waals surface area contributed by atoms with E-state index in [1.165, 1.54) is 94.8 Å². The maximum absolute atomic E-state index is 6.83. The van der Waals surface area contributed by atoms with Gasteiger partial charge in [0.15, 0.2) is 0 Å². The van der Waals surface area contributed by atoms with Crippen molar-refractivity contribution >= 4 is 0 Å². The predicted molar refractivity (Wildman–Crippen MR) is 232 cm³/mol. The van der Waals surface area contributed by atoms with Crippen molar-refractivity contribution in [2.75, 3.05) is 0 Å². The Labute approximate surface area is 337 Å². The SMILES string of the molecule is CCC1C=CC2C(=C(C3C=CC=C(C4CC=CC5C=CCCC54)C3)C3=C(C=CCC3C)C2C2=CC=CC(C3CC4c5ccccc5OC4C4CCCCC34)C2)C1. The smallest absolute Gasteiger partial charge is 0.123 e. The molecule has 0 radical (unpaired) electrons. The Balaban J connectivity index is 0.934. The molecule has 1 heterocycles. The molecule has 14 atom stereocenters. The van der Waals surface area contributed by atoms with Gasteiger partial charge in [-0.2, -0.15) is 0 Å². The van der Waals surface area contributed by atoms with Gasteiger partial charge in [0.1, 0.15) is 11.9 Å². The first kappa shape index (κ1) is 35.6. The summed E-state index contributed by atoms with van der Waals surface area (Å²) in [6, 6.07) is 9.05. The van der Waals surface area contributed by atoms with E-state index in [0.29, 0.717) is 65.3 Å². The lowest BCUT2D eigenvalue weighted by atomic mass is 9.55. The number of fused-ring (bicyclic) bond motifs is 7. The molecular weight excluding hydrogens is 677 g/mol. The highest BCUT2D eigenvalue weighted by atomic mass is 16.5. The lowest BCUT2D eigenvalue weighted by molar-refractivity contribution is -0.0183. The first-order valence-electron chi connectivity index (χ1n) is 23.3. The molecule has 0 saturated heterocycles. The predicted octanol–water partition coefficient (Wildman–Crippen LogP) is 13.9. The van der Waals surface area contributed by atoms with Gasteiger partial charge < -0.3 is 4.74 Å². The topological polar surface area (TPSA) is 9.23 Å². The number of benzene rings is 1. The van der Waals surface area contributed by atoms with Gasteiger partial charge in [0.05, 0.1) is 0 Å². The summed E-state index contributed by atoms with van der Waals surface area (Å²) in [7, 11) is 0. The molecule has 0 bridgehead atoms. The van der Waals surface area contributed by atoms with E-state index in [1.54, 1.807) is 27.9 Å². The lowest BCUT2D eigenvalue weighted by Gasteiger charge is -2.50. The summed E-state index contributed by atoms with van der Waals surface area (Å²) in [6.07, 6.45) is 52.9. The third-order valence-electron chi connectivity index (χ3n) is 17.1. The van der Waals surface area contributed by atoms with E-state index in [1.807, 2.05) is 5.57 Å². The minimum atomic E-state index is 0.390. The normalized spacial score (nSPS) is 41.8. The summed E-state index contributed by atoms with van der Waals surface area (Å²) in [4.78, 5) is 0. The van der Waals surface area contributed by atoms with Gasteiger partial charge in [-0.25, -0.2) is 0 Å². The monoisotopic (exact) mass is 740 g/mol. The summed E-state index contributed by atoms with van der Waals surface area (Å²) in [5, 5.41) is 0. The molecule has 2 saturated carbocycles. The Morgan fingerprint density at radius 3 is 2.50 bits per heavy atom. The molecule has 0 amide bonds. The molecule has 2 fully saturated rings. The van der Waals surface area contributed by atoms with E-state index in [2.05, 4.69) is 123 Å². The van der Waals surface area contributed by atoms with Crippen LogP contribution in [0.3, 0.4) is 0 Å². The highest BCUT2D eigenvalue weighted by Crippen LogP contribution is 2.60. The highest BCUT2D eigenvalue weighted by Gasteiger charge is 2.52. The van der Waals surface area contributed by atoms with Gasteiger partial charge in [0, 0.05) is 29.2 Å². The van der Waals surface area contributed by atoms with E-state index in [4.69, 9.17) is 4.74 Å². The van der Waals surface area contributed by atoms with Crippen LogP contribution >= 0.6 is 0 Å². The van der Waals surface area contributed by atoms with E-state index < -0.39 is 0 Å². The molecule has 14 unspecified atom stereocenters. The first-order chi connectivity index (χ1) is 27.6. The molecule has 1 aromatic carbocycles. The van der Waals surface area contributed by atoms with Crippen LogP contribution in [0.1, 0.15) is 109 Å². The van der Waals surface area contributed by atoms with Crippen molar-refractivity contribution < 1.29 is 4.74 Å². The molecule has 290 valence electrons. The summed E-state index contributed by atoms with van der Waals surface area (Å²) in [5.74, 6) is 9.29. The minimum Gasteiger partial charge on any atom is -0.489 e. The van der Waals surface area contributed by atoms with Crippen LogP contribution in [0.4, 0.5) is 0 Å². The minimum absolute atomic E-state index is 0.390. The number of hydrogen-bond donors (Lipinski definition) is 0. The second kappa shape index (κ2) is 14.7. The summed E-state index contributed by atoms with van der Waals surface area (Å²) < 4.78 is 6.83. The maximum atomic E-state index is 6.83. The Morgan fingerprint density at radius 2 is 1.57 bits per heavy atom. The molecule has 10 aliphatic rings. The highest BCUT2D eigenvalue weighted by molar-refractivity contribution is 5.59. The second-order valence-electron chi connectivity index (χ2n) is 19.8. The van der Waals surface area contributed by atoms with Gasteiger partial charge in [-0.3, -0.25) is 0 Å².